The van der Waals surface area contributed by atoms with E-state index >= 15 is 0 Å². The predicted molar refractivity (Wildman–Crippen MR) is 197 cm³/mol. The summed E-state index contributed by atoms with van der Waals surface area (Å²) >= 11 is 0. The van der Waals surface area contributed by atoms with E-state index in [1.165, 1.54) is 43.8 Å². The van der Waals surface area contributed by atoms with E-state index in [0.29, 0.717) is 0 Å². The summed E-state index contributed by atoms with van der Waals surface area (Å²) in [5.74, 6) is 0. The molecule has 0 unspecified atom stereocenters. The molecule has 0 spiro atoms. The van der Waals surface area contributed by atoms with Crippen LogP contribution < -0.4 is 0 Å². The quantitative estimate of drug-likeness (QED) is 0.132. The molecule has 3 nitrogen and oxygen atoms in total. The summed E-state index contributed by atoms with van der Waals surface area (Å²) in [6.45, 7) is 13.1. The Bertz CT molecular complexity index is 2400. The molecule has 0 amide bonds. The van der Waals surface area contributed by atoms with Crippen LogP contribution in [0.2, 0.25) is 0 Å². The van der Waals surface area contributed by atoms with Crippen LogP contribution in [0.25, 0.3) is 66.0 Å². The Labute approximate surface area is 296 Å². The second-order valence-electron chi connectivity index (χ2n) is 13.7. The van der Waals surface area contributed by atoms with E-state index in [4.69, 9.17) is 9.40 Å². The molecular weight excluding hydrogens is 765 g/mol. The molecule has 0 aliphatic carbocycles. The summed E-state index contributed by atoms with van der Waals surface area (Å²) in [6, 6.07) is 40.2. The van der Waals surface area contributed by atoms with Gasteiger partial charge in [-0.05, 0) is 88.8 Å². The molecule has 0 fully saturated rings. The fourth-order valence-electron chi connectivity index (χ4n) is 6.22. The Hall–Kier alpha value is -4.63. The minimum absolute atomic E-state index is 0. The van der Waals surface area contributed by atoms with Gasteiger partial charge in [0.15, 0.2) is 0 Å². The largest absolute Gasteiger partial charge is 0.501 e. The van der Waals surface area contributed by atoms with Crippen molar-refractivity contribution in [3.63, 3.8) is 0 Å². The van der Waals surface area contributed by atoms with E-state index in [9.17, 15) is 0 Å². The van der Waals surface area contributed by atoms with Crippen molar-refractivity contribution < 1.29 is 24.5 Å². The first kappa shape index (κ1) is 33.3. The molecule has 0 aliphatic heterocycles. The van der Waals surface area contributed by atoms with Crippen molar-refractivity contribution in [1.29, 1.82) is 0 Å². The van der Waals surface area contributed by atoms with Crippen LogP contribution in [0.15, 0.2) is 114 Å². The molecule has 241 valence electrons. The van der Waals surface area contributed by atoms with Crippen molar-refractivity contribution in [1.82, 2.24) is 9.97 Å². The Morgan fingerprint density at radius 2 is 1.38 bits per heavy atom. The number of fused-ring (bicyclic) bond motifs is 6. The molecule has 0 saturated carbocycles. The van der Waals surface area contributed by atoms with E-state index in [-0.39, 0.29) is 25.5 Å². The standard InChI is InChI=1S/C31H26NO.C13H12N.Ir/c1-19-18-32-28(15-22(19)17-31(2,3)4)25-11-7-10-24-27-14-21-13-12-20-8-5-6-9-23(20)26(21)16-29(27)33-30(24)25;1-10-8-13(14-9-11(10)2)12-6-4-3-5-7-12;/h5-10,12-16,18H,17H2,1-4H3;3-6,8-9H,1-2H3;/q2*-1;. The molecular formula is C44H38IrN2O-2. The van der Waals surface area contributed by atoms with Crippen LogP contribution in [-0.4, -0.2) is 9.97 Å². The van der Waals surface area contributed by atoms with Gasteiger partial charge in [-0.2, -0.15) is 0 Å². The number of furan rings is 1. The second-order valence-corrected chi connectivity index (χ2v) is 13.7. The van der Waals surface area contributed by atoms with Gasteiger partial charge in [-0.3, -0.25) is 0 Å². The van der Waals surface area contributed by atoms with Crippen LogP contribution in [0.1, 0.15) is 43.0 Å². The molecule has 1 radical (unpaired) electrons. The van der Waals surface area contributed by atoms with Gasteiger partial charge in [0.05, 0.1) is 5.58 Å². The minimum atomic E-state index is 0. The van der Waals surface area contributed by atoms with Crippen LogP contribution in [0.5, 0.6) is 0 Å². The third-order valence-electron chi connectivity index (χ3n) is 8.85. The third kappa shape index (κ3) is 6.69. The van der Waals surface area contributed by atoms with Crippen molar-refractivity contribution >= 4 is 43.5 Å². The summed E-state index contributed by atoms with van der Waals surface area (Å²) in [5, 5.41) is 7.16. The summed E-state index contributed by atoms with van der Waals surface area (Å²) in [4.78, 5) is 9.14. The summed E-state index contributed by atoms with van der Waals surface area (Å²) in [5.41, 5.74) is 10.9. The zero-order chi connectivity index (χ0) is 32.7. The van der Waals surface area contributed by atoms with Crippen LogP contribution in [0.3, 0.4) is 0 Å². The number of aryl methyl sites for hydroxylation is 3. The number of hydrogen-bond donors (Lipinski definition) is 0. The number of aromatic nitrogens is 2. The van der Waals surface area contributed by atoms with Crippen LogP contribution >= 0.6 is 0 Å². The van der Waals surface area contributed by atoms with E-state index in [0.717, 1.165) is 50.9 Å². The molecule has 0 bridgehead atoms. The number of benzene rings is 5. The molecule has 4 heteroatoms. The number of pyridine rings is 2. The fraction of sp³-hybridized carbons (Fsp3) is 0.182. The molecule has 3 aromatic heterocycles. The molecule has 5 aromatic carbocycles. The molecule has 0 atom stereocenters. The van der Waals surface area contributed by atoms with Gasteiger partial charge in [0.25, 0.3) is 0 Å². The zero-order valence-electron chi connectivity index (χ0n) is 28.2. The van der Waals surface area contributed by atoms with Crippen molar-refractivity contribution in [2.24, 2.45) is 5.41 Å². The van der Waals surface area contributed by atoms with Gasteiger partial charge >= 0.3 is 0 Å². The number of nitrogens with zero attached hydrogens (tertiary/aromatic N) is 2. The Kier molecular flexibility index (Phi) is 9.34. The van der Waals surface area contributed by atoms with E-state index in [2.05, 4.69) is 125 Å². The van der Waals surface area contributed by atoms with Gasteiger partial charge in [-0.1, -0.05) is 91.4 Å². The van der Waals surface area contributed by atoms with Gasteiger partial charge in [-0.15, -0.1) is 54.1 Å². The Balaban J connectivity index is 0.000000225. The van der Waals surface area contributed by atoms with Crippen molar-refractivity contribution in [2.45, 2.75) is 48.0 Å². The average Bonchev–Trinajstić information content (AvgIpc) is 3.44. The monoisotopic (exact) mass is 803 g/mol. The van der Waals surface area contributed by atoms with Crippen molar-refractivity contribution in [3.8, 4) is 22.5 Å². The first-order valence-corrected chi connectivity index (χ1v) is 16.2. The van der Waals surface area contributed by atoms with E-state index in [1.54, 1.807) is 0 Å². The fourth-order valence-corrected chi connectivity index (χ4v) is 6.22. The van der Waals surface area contributed by atoms with Gasteiger partial charge in [0, 0.05) is 37.9 Å². The maximum atomic E-state index is 6.49. The second kappa shape index (κ2) is 13.5. The summed E-state index contributed by atoms with van der Waals surface area (Å²) in [6.07, 6.45) is 4.89. The molecule has 48 heavy (non-hydrogen) atoms. The van der Waals surface area contributed by atoms with Gasteiger partial charge in [0.2, 0.25) is 0 Å². The maximum absolute atomic E-state index is 6.49. The molecule has 0 aliphatic rings. The number of hydrogen-bond acceptors (Lipinski definition) is 3. The Morgan fingerprint density at radius 1 is 0.625 bits per heavy atom. The molecule has 8 aromatic rings. The smallest absolute Gasteiger partial charge is 0.121 e. The summed E-state index contributed by atoms with van der Waals surface area (Å²) < 4.78 is 6.49. The van der Waals surface area contributed by atoms with Gasteiger partial charge in [0.1, 0.15) is 5.58 Å². The van der Waals surface area contributed by atoms with Crippen LogP contribution in [0, 0.1) is 38.3 Å². The molecule has 0 saturated heterocycles. The molecule has 3 heterocycles. The van der Waals surface area contributed by atoms with Gasteiger partial charge < -0.3 is 14.4 Å². The molecule has 0 N–H and O–H groups in total. The topological polar surface area (TPSA) is 38.9 Å². The van der Waals surface area contributed by atoms with Crippen molar-refractivity contribution in [3.05, 3.63) is 144 Å². The average molecular weight is 803 g/mol. The predicted octanol–water partition coefficient (Wildman–Crippen LogP) is 11.8. The maximum Gasteiger partial charge on any atom is 0.121 e. The Morgan fingerprint density at radius 3 is 2.15 bits per heavy atom. The molecule has 8 rings (SSSR count). The van der Waals surface area contributed by atoms with Crippen LogP contribution in [0.4, 0.5) is 0 Å². The minimum Gasteiger partial charge on any atom is -0.501 e. The summed E-state index contributed by atoms with van der Waals surface area (Å²) in [7, 11) is 0. The van der Waals surface area contributed by atoms with E-state index < -0.39 is 0 Å². The van der Waals surface area contributed by atoms with Crippen molar-refractivity contribution in [2.75, 3.05) is 0 Å². The first-order valence-electron chi connectivity index (χ1n) is 16.2. The zero-order valence-corrected chi connectivity index (χ0v) is 30.6. The normalized spacial score (nSPS) is 11.5. The van der Waals surface area contributed by atoms with Gasteiger partial charge in [-0.25, -0.2) is 0 Å². The first-order chi connectivity index (χ1) is 22.6. The van der Waals surface area contributed by atoms with Crippen LogP contribution in [-0.2, 0) is 26.5 Å². The number of rotatable bonds is 3. The van der Waals surface area contributed by atoms with E-state index in [1.807, 2.05) is 42.7 Å². The SMILES string of the molecule is Cc1cnc(-c2[c-]ccc3c2oc2cc4c(ccc5ccccc54)cc23)cc1CC(C)(C)C.Cc1cnc(-c2[c-]cccc2)cc1C.[Ir]. The third-order valence-corrected chi connectivity index (χ3v) is 8.85.